The quantitative estimate of drug-likeness (QED) is 0.846. The molecule has 0 unspecified atom stereocenters. The second kappa shape index (κ2) is 6.60. The molecule has 3 nitrogen and oxygen atoms in total. The monoisotopic (exact) mass is 320 g/mol. The Balaban J connectivity index is 1.33. The fraction of sp³-hybridized carbons (Fsp3) is 0.778. The van der Waals surface area contributed by atoms with E-state index in [1.54, 1.807) is 11.3 Å². The van der Waals surface area contributed by atoms with Gasteiger partial charge in [-0.15, -0.1) is 0 Å². The van der Waals surface area contributed by atoms with Crippen LogP contribution in [-0.2, 0) is 11.3 Å². The third-order valence-corrected chi connectivity index (χ3v) is 6.35. The molecule has 4 heteroatoms. The Morgan fingerprint density at radius 1 is 1.14 bits per heavy atom. The van der Waals surface area contributed by atoms with Gasteiger partial charge in [-0.3, -0.25) is 4.90 Å². The van der Waals surface area contributed by atoms with Crippen LogP contribution in [0.1, 0.15) is 44.1 Å². The molecule has 1 spiro atoms. The van der Waals surface area contributed by atoms with Gasteiger partial charge >= 0.3 is 0 Å². The summed E-state index contributed by atoms with van der Waals surface area (Å²) in [5, 5.41) is 4.47. The van der Waals surface area contributed by atoms with Crippen LogP contribution in [0.5, 0.6) is 0 Å². The van der Waals surface area contributed by atoms with Gasteiger partial charge in [-0.05, 0) is 74.0 Å². The molecule has 3 aliphatic rings. The molecule has 122 valence electrons. The lowest BCUT2D eigenvalue weighted by Crippen LogP contribution is -2.46. The number of hydrogen-bond donors (Lipinski definition) is 0. The highest BCUT2D eigenvalue weighted by Gasteiger charge is 2.43. The van der Waals surface area contributed by atoms with Crippen molar-refractivity contribution < 1.29 is 4.74 Å². The second-order valence-corrected chi connectivity index (χ2v) is 8.20. The average Bonchev–Trinajstić information content (AvgIpc) is 3.24. The van der Waals surface area contributed by atoms with Gasteiger partial charge < -0.3 is 9.64 Å². The molecule has 0 aliphatic carbocycles. The molecule has 1 aromatic heterocycles. The molecule has 1 aromatic rings. The summed E-state index contributed by atoms with van der Waals surface area (Å²) < 4.78 is 6.67. The Hall–Kier alpha value is -0.420. The van der Waals surface area contributed by atoms with E-state index in [-0.39, 0.29) is 5.60 Å². The van der Waals surface area contributed by atoms with Gasteiger partial charge in [0.25, 0.3) is 0 Å². The fourth-order valence-corrected chi connectivity index (χ4v) is 5.17. The molecule has 0 amide bonds. The van der Waals surface area contributed by atoms with E-state index in [1.165, 1.54) is 70.3 Å². The molecule has 0 radical (unpaired) electrons. The molecule has 0 bridgehead atoms. The van der Waals surface area contributed by atoms with Crippen LogP contribution >= 0.6 is 11.3 Å². The molecule has 4 heterocycles. The summed E-state index contributed by atoms with van der Waals surface area (Å²) in [5.41, 5.74) is 1.63. The van der Waals surface area contributed by atoms with Gasteiger partial charge in [0, 0.05) is 26.2 Å². The molecule has 0 N–H and O–H groups in total. The smallest absolute Gasteiger partial charge is 0.0825 e. The lowest BCUT2D eigenvalue weighted by molar-refractivity contribution is -0.127. The lowest BCUT2D eigenvalue weighted by Gasteiger charge is -2.40. The first-order valence-corrected chi connectivity index (χ1v) is 9.89. The summed E-state index contributed by atoms with van der Waals surface area (Å²) in [6.45, 7) is 7.19. The summed E-state index contributed by atoms with van der Waals surface area (Å²) in [7, 11) is 0. The van der Waals surface area contributed by atoms with Crippen molar-refractivity contribution >= 4 is 11.3 Å². The Bertz CT molecular complexity index is 471. The summed E-state index contributed by atoms with van der Waals surface area (Å²) in [5.74, 6) is 0. The Morgan fingerprint density at radius 2 is 2.05 bits per heavy atom. The number of likely N-dealkylation sites (tertiary alicyclic amines) is 2. The number of hydrogen-bond acceptors (Lipinski definition) is 4. The van der Waals surface area contributed by atoms with Crippen LogP contribution in [-0.4, -0.2) is 54.2 Å². The maximum Gasteiger partial charge on any atom is 0.0825 e. The van der Waals surface area contributed by atoms with E-state index in [0.29, 0.717) is 6.10 Å². The van der Waals surface area contributed by atoms with Crippen LogP contribution in [0.4, 0.5) is 0 Å². The van der Waals surface area contributed by atoms with E-state index in [1.807, 2.05) is 0 Å². The largest absolute Gasteiger partial charge is 0.369 e. The third-order valence-electron chi connectivity index (χ3n) is 5.62. The minimum atomic E-state index is 0.165. The Labute approximate surface area is 138 Å². The standard InChI is InChI=1S/C18H28N2OS/c1-2-9-19(8-1)13-17-4-3-6-18(21-17)7-10-20(15-18)12-16-5-11-22-14-16/h5,11,14,17H,1-4,6-10,12-13,15H2/t17-,18-/m1/s1. The number of rotatable bonds is 4. The average molecular weight is 321 g/mol. The lowest BCUT2D eigenvalue weighted by atomic mass is 9.90. The zero-order valence-electron chi connectivity index (χ0n) is 13.5. The molecule has 3 fully saturated rings. The van der Waals surface area contributed by atoms with Crippen LogP contribution in [0.2, 0.25) is 0 Å². The van der Waals surface area contributed by atoms with Gasteiger partial charge in [-0.1, -0.05) is 0 Å². The van der Waals surface area contributed by atoms with Gasteiger partial charge in [-0.25, -0.2) is 0 Å². The minimum Gasteiger partial charge on any atom is -0.369 e. The number of ether oxygens (including phenoxy) is 1. The topological polar surface area (TPSA) is 15.7 Å². The van der Waals surface area contributed by atoms with Crippen LogP contribution in [0.15, 0.2) is 16.8 Å². The molecule has 0 aromatic carbocycles. The number of thiophene rings is 1. The summed E-state index contributed by atoms with van der Waals surface area (Å²) in [6.07, 6.45) is 8.36. The minimum absolute atomic E-state index is 0.165. The first kappa shape index (κ1) is 15.1. The first-order chi connectivity index (χ1) is 10.8. The zero-order chi connectivity index (χ0) is 14.8. The van der Waals surface area contributed by atoms with Gasteiger partial charge in [-0.2, -0.15) is 11.3 Å². The number of nitrogens with zero attached hydrogens (tertiary/aromatic N) is 2. The molecule has 0 saturated carbocycles. The predicted molar refractivity (Wildman–Crippen MR) is 91.3 cm³/mol. The molecule has 2 atom stereocenters. The molecule has 3 aliphatic heterocycles. The van der Waals surface area contributed by atoms with Gasteiger partial charge in [0.1, 0.15) is 0 Å². The summed E-state index contributed by atoms with van der Waals surface area (Å²) >= 11 is 1.80. The van der Waals surface area contributed by atoms with Crippen molar-refractivity contribution in [2.24, 2.45) is 0 Å². The zero-order valence-corrected chi connectivity index (χ0v) is 14.3. The van der Waals surface area contributed by atoms with Gasteiger partial charge in [0.05, 0.1) is 11.7 Å². The first-order valence-electron chi connectivity index (χ1n) is 8.95. The molecule has 22 heavy (non-hydrogen) atoms. The van der Waals surface area contributed by atoms with E-state index in [0.717, 1.165) is 13.1 Å². The normalized spacial score (nSPS) is 33.9. The van der Waals surface area contributed by atoms with Crippen molar-refractivity contribution in [1.29, 1.82) is 0 Å². The van der Waals surface area contributed by atoms with Crippen molar-refractivity contribution in [2.45, 2.75) is 56.8 Å². The van der Waals surface area contributed by atoms with E-state index in [4.69, 9.17) is 4.74 Å². The highest BCUT2D eigenvalue weighted by atomic mass is 32.1. The van der Waals surface area contributed by atoms with Crippen LogP contribution < -0.4 is 0 Å². The third kappa shape index (κ3) is 3.40. The summed E-state index contributed by atoms with van der Waals surface area (Å²) in [6, 6.07) is 2.26. The van der Waals surface area contributed by atoms with Crippen LogP contribution in [0.25, 0.3) is 0 Å². The van der Waals surface area contributed by atoms with Crippen LogP contribution in [0.3, 0.4) is 0 Å². The SMILES string of the molecule is c1cc(CN2CC[C@]3(CCC[C@H](CN4CCCC4)O3)C2)cs1. The van der Waals surface area contributed by atoms with Gasteiger partial charge in [0.2, 0.25) is 0 Å². The van der Waals surface area contributed by atoms with Crippen molar-refractivity contribution in [3.63, 3.8) is 0 Å². The van der Waals surface area contributed by atoms with Crippen molar-refractivity contribution in [1.82, 2.24) is 9.80 Å². The second-order valence-electron chi connectivity index (χ2n) is 7.42. The van der Waals surface area contributed by atoms with Gasteiger partial charge in [0.15, 0.2) is 0 Å². The maximum absolute atomic E-state index is 6.67. The van der Waals surface area contributed by atoms with Crippen LogP contribution in [0, 0.1) is 0 Å². The van der Waals surface area contributed by atoms with E-state index < -0.39 is 0 Å². The highest BCUT2D eigenvalue weighted by Crippen LogP contribution is 2.37. The Morgan fingerprint density at radius 3 is 2.86 bits per heavy atom. The van der Waals surface area contributed by atoms with E-state index >= 15 is 0 Å². The molecule has 4 rings (SSSR count). The molecule has 3 saturated heterocycles. The van der Waals surface area contributed by atoms with E-state index in [9.17, 15) is 0 Å². The Kier molecular flexibility index (Phi) is 4.54. The predicted octanol–water partition coefficient (Wildman–Crippen LogP) is 3.36. The van der Waals surface area contributed by atoms with Crippen molar-refractivity contribution in [2.75, 3.05) is 32.7 Å². The highest BCUT2D eigenvalue weighted by molar-refractivity contribution is 7.07. The van der Waals surface area contributed by atoms with E-state index in [2.05, 4.69) is 26.6 Å². The summed E-state index contributed by atoms with van der Waals surface area (Å²) in [4.78, 5) is 5.21. The molecular formula is C18H28N2OS. The fourth-order valence-electron chi connectivity index (χ4n) is 4.51. The maximum atomic E-state index is 6.67. The molecular weight excluding hydrogens is 292 g/mol. The van der Waals surface area contributed by atoms with Crippen molar-refractivity contribution in [3.8, 4) is 0 Å². The van der Waals surface area contributed by atoms with Crippen molar-refractivity contribution in [3.05, 3.63) is 22.4 Å².